The highest BCUT2D eigenvalue weighted by atomic mass is 32.2. The van der Waals surface area contributed by atoms with Crippen molar-refractivity contribution in [3.05, 3.63) is 29.3 Å². The number of rotatable bonds is 4. The lowest BCUT2D eigenvalue weighted by Gasteiger charge is -2.12. The van der Waals surface area contributed by atoms with Crippen LogP contribution >= 0.6 is 0 Å². The fourth-order valence-corrected chi connectivity index (χ4v) is 2.76. The van der Waals surface area contributed by atoms with Crippen LogP contribution in [0.2, 0.25) is 0 Å². The Bertz CT molecular complexity index is 440. The lowest BCUT2D eigenvalue weighted by Crippen LogP contribution is -2.25. The normalized spacial score (nSPS) is 14.1. The topological polar surface area (TPSA) is 43.4 Å². The van der Waals surface area contributed by atoms with Crippen LogP contribution in [0.25, 0.3) is 0 Å². The first-order valence-corrected chi connectivity index (χ1v) is 6.83. The van der Waals surface area contributed by atoms with Crippen molar-refractivity contribution < 1.29 is 13.7 Å². The first-order valence-electron chi connectivity index (χ1n) is 5.61. The Kier molecular flexibility index (Phi) is 4.87. The summed E-state index contributed by atoms with van der Waals surface area (Å²) in [7, 11) is -1.35. The molecule has 4 heteroatoms. The zero-order valence-corrected chi connectivity index (χ0v) is 11.5. The second-order valence-electron chi connectivity index (χ2n) is 3.96. The third-order valence-electron chi connectivity index (χ3n) is 2.49. The van der Waals surface area contributed by atoms with Crippen LogP contribution in [0, 0.1) is 13.8 Å². The minimum Gasteiger partial charge on any atom is -0.465 e. The molecule has 0 aliphatic carbocycles. The molecular formula is C13H18O3S. The maximum atomic E-state index is 12.2. The van der Waals surface area contributed by atoms with Crippen LogP contribution in [-0.2, 0) is 20.3 Å². The van der Waals surface area contributed by atoms with Gasteiger partial charge in [-0.05, 0) is 39.3 Å². The van der Waals surface area contributed by atoms with Crippen molar-refractivity contribution in [3.8, 4) is 0 Å². The molecule has 0 N–H and O–H groups in total. The van der Waals surface area contributed by atoms with Crippen molar-refractivity contribution in [3.63, 3.8) is 0 Å². The van der Waals surface area contributed by atoms with Gasteiger partial charge in [0.15, 0.2) is 0 Å². The van der Waals surface area contributed by atoms with Crippen LogP contribution in [0.15, 0.2) is 23.1 Å². The van der Waals surface area contributed by atoms with Gasteiger partial charge in [0.25, 0.3) is 0 Å². The van der Waals surface area contributed by atoms with Crippen molar-refractivity contribution in [2.45, 2.75) is 37.8 Å². The second kappa shape index (κ2) is 5.96. The molecule has 1 rings (SSSR count). The van der Waals surface area contributed by atoms with Crippen molar-refractivity contribution >= 4 is 16.8 Å². The van der Waals surface area contributed by atoms with Gasteiger partial charge in [0.2, 0.25) is 0 Å². The van der Waals surface area contributed by atoms with E-state index in [1.54, 1.807) is 13.8 Å². The van der Waals surface area contributed by atoms with Crippen LogP contribution in [0.4, 0.5) is 0 Å². The van der Waals surface area contributed by atoms with Gasteiger partial charge in [-0.15, -0.1) is 0 Å². The van der Waals surface area contributed by atoms with E-state index in [2.05, 4.69) is 0 Å². The number of esters is 1. The Morgan fingerprint density at radius 3 is 2.59 bits per heavy atom. The number of hydrogen-bond acceptors (Lipinski definition) is 3. The van der Waals surface area contributed by atoms with Gasteiger partial charge in [0.1, 0.15) is 5.25 Å². The third kappa shape index (κ3) is 3.40. The van der Waals surface area contributed by atoms with E-state index in [1.165, 1.54) is 0 Å². The van der Waals surface area contributed by atoms with E-state index in [0.717, 1.165) is 11.1 Å². The van der Waals surface area contributed by atoms with Crippen LogP contribution in [0.3, 0.4) is 0 Å². The number of ether oxygens (including phenoxy) is 1. The minimum absolute atomic E-state index is 0.313. The molecule has 2 atom stereocenters. The van der Waals surface area contributed by atoms with Gasteiger partial charge in [-0.3, -0.25) is 9.00 Å². The number of hydrogen-bond donors (Lipinski definition) is 0. The van der Waals surface area contributed by atoms with E-state index in [0.29, 0.717) is 11.5 Å². The SMILES string of the molecule is CCOC(=O)C(C)S(=O)c1ccc(C)cc1C. The van der Waals surface area contributed by atoms with E-state index in [9.17, 15) is 9.00 Å². The van der Waals surface area contributed by atoms with Crippen LogP contribution in [0.5, 0.6) is 0 Å². The molecule has 0 saturated carbocycles. The molecule has 0 amide bonds. The predicted molar refractivity (Wildman–Crippen MR) is 68.4 cm³/mol. The summed E-state index contributed by atoms with van der Waals surface area (Å²) in [5, 5.41) is -0.628. The highest BCUT2D eigenvalue weighted by Gasteiger charge is 2.23. The van der Waals surface area contributed by atoms with Crippen molar-refractivity contribution in [2.24, 2.45) is 0 Å². The molecule has 17 heavy (non-hydrogen) atoms. The molecule has 3 nitrogen and oxygen atoms in total. The predicted octanol–water partition coefficient (Wildman–Crippen LogP) is 2.36. The molecule has 0 spiro atoms. The Morgan fingerprint density at radius 2 is 2.06 bits per heavy atom. The second-order valence-corrected chi connectivity index (χ2v) is 5.70. The van der Waals surface area contributed by atoms with Gasteiger partial charge in [-0.25, -0.2) is 0 Å². The third-order valence-corrected chi connectivity index (χ3v) is 4.21. The highest BCUT2D eigenvalue weighted by Crippen LogP contribution is 2.18. The minimum atomic E-state index is -1.35. The average molecular weight is 254 g/mol. The van der Waals surface area contributed by atoms with Gasteiger partial charge in [-0.2, -0.15) is 0 Å². The summed E-state index contributed by atoms with van der Waals surface area (Å²) in [4.78, 5) is 12.2. The largest absolute Gasteiger partial charge is 0.465 e. The summed E-state index contributed by atoms with van der Waals surface area (Å²) in [5.41, 5.74) is 2.06. The maximum absolute atomic E-state index is 12.2. The molecule has 1 aromatic carbocycles. The fourth-order valence-electron chi connectivity index (χ4n) is 1.56. The standard InChI is InChI=1S/C13H18O3S/c1-5-16-13(14)11(4)17(15)12-7-6-9(2)8-10(12)3/h6-8,11H,5H2,1-4H3. The van der Waals surface area contributed by atoms with Gasteiger partial charge in [0.05, 0.1) is 17.4 Å². The highest BCUT2D eigenvalue weighted by molar-refractivity contribution is 7.86. The number of carbonyl (C=O) groups is 1. The molecule has 0 aromatic heterocycles. The molecule has 0 radical (unpaired) electrons. The zero-order chi connectivity index (χ0) is 13.0. The van der Waals surface area contributed by atoms with Crippen LogP contribution < -0.4 is 0 Å². The first-order chi connectivity index (χ1) is 7.97. The van der Waals surface area contributed by atoms with E-state index < -0.39 is 22.0 Å². The molecule has 1 aromatic rings. The first kappa shape index (κ1) is 13.9. The zero-order valence-electron chi connectivity index (χ0n) is 10.6. The monoisotopic (exact) mass is 254 g/mol. The van der Waals surface area contributed by atoms with Crippen LogP contribution in [-0.4, -0.2) is 22.0 Å². The summed E-state index contributed by atoms with van der Waals surface area (Å²) < 4.78 is 17.1. The van der Waals surface area contributed by atoms with E-state index in [-0.39, 0.29) is 0 Å². The van der Waals surface area contributed by atoms with E-state index in [4.69, 9.17) is 4.74 Å². The summed E-state index contributed by atoms with van der Waals surface area (Å²) in [6.07, 6.45) is 0. The Labute approximate surface area is 105 Å². The molecule has 94 valence electrons. The number of carbonyl (C=O) groups excluding carboxylic acids is 1. The molecule has 0 bridgehead atoms. The van der Waals surface area contributed by atoms with Crippen molar-refractivity contribution in [2.75, 3.05) is 6.61 Å². The Morgan fingerprint density at radius 1 is 1.41 bits per heavy atom. The molecule has 0 fully saturated rings. The summed E-state index contributed by atoms with van der Waals surface area (Å²) in [5.74, 6) is -0.411. The molecule has 0 aliphatic rings. The van der Waals surface area contributed by atoms with Gasteiger partial charge in [0, 0.05) is 4.90 Å². The van der Waals surface area contributed by atoms with E-state index >= 15 is 0 Å². The molecule has 2 unspecified atom stereocenters. The molecule has 0 aliphatic heterocycles. The number of benzene rings is 1. The van der Waals surface area contributed by atoms with Crippen LogP contribution in [0.1, 0.15) is 25.0 Å². The molecule has 0 heterocycles. The summed E-state index contributed by atoms with van der Waals surface area (Å²) in [6, 6.07) is 5.68. The fraction of sp³-hybridized carbons (Fsp3) is 0.462. The maximum Gasteiger partial charge on any atom is 0.321 e. The average Bonchev–Trinajstić information content (AvgIpc) is 2.27. The molecule has 0 saturated heterocycles. The van der Waals surface area contributed by atoms with Gasteiger partial charge in [-0.1, -0.05) is 17.7 Å². The van der Waals surface area contributed by atoms with Crippen molar-refractivity contribution in [1.29, 1.82) is 0 Å². The Hall–Kier alpha value is -1.16. The summed E-state index contributed by atoms with van der Waals surface area (Å²) >= 11 is 0. The summed E-state index contributed by atoms with van der Waals surface area (Å²) in [6.45, 7) is 7.57. The molecular weight excluding hydrogens is 236 g/mol. The smallest absolute Gasteiger partial charge is 0.321 e. The number of aryl methyl sites for hydroxylation is 2. The van der Waals surface area contributed by atoms with Gasteiger partial charge < -0.3 is 4.74 Å². The van der Waals surface area contributed by atoms with Crippen molar-refractivity contribution in [1.82, 2.24) is 0 Å². The van der Waals surface area contributed by atoms with E-state index in [1.807, 2.05) is 32.0 Å². The lowest BCUT2D eigenvalue weighted by atomic mass is 10.2. The lowest BCUT2D eigenvalue weighted by molar-refractivity contribution is -0.142. The van der Waals surface area contributed by atoms with Gasteiger partial charge >= 0.3 is 5.97 Å². The Balaban J connectivity index is 2.92. The quantitative estimate of drug-likeness (QED) is 0.775.